The summed E-state index contributed by atoms with van der Waals surface area (Å²) in [6, 6.07) is 8.48. The van der Waals surface area contributed by atoms with Crippen LogP contribution >= 0.6 is 0 Å². The minimum Gasteiger partial charge on any atom is -0.0654 e. The van der Waals surface area contributed by atoms with Gasteiger partial charge >= 0.3 is 0 Å². The van der Waals surface area contributed by atoms with E-state index in [4.69, 9.17) is 0 Å². The fraction of sp³-hybridized carbons (Fsp3) is 0.455. The Morgan fingerprint density at radius 2 is 1.18 bits per heavy atom. The van der Waals surface area contributed by atoms with Gasteiger partial charge in [0.15, 0.2) is 0 Å². The van der Waals surface area contributed by atoms with Gasteiger partial charge in [0.25, 0.3) is 0 Å². The molecule has 0 fully saturated rings. The van der Waals surface area contributed by atoms with E-state index in [1.54, 1.807) is 0 Å². The minimum atomic E-state index is 1.34. The average molecular weight is 148 g/mol. The summed E-state index contributed by atoms with van der Waals surface area (Å²) < 4.78 is 0. The van der Waals surface area contributed by atoms with E-state index in [0.717, 1.165) is 0 Å². The van der Waals surface area contributed by atoms with Crippen LogP contribution in [0, 0.1) is 0 Å². The molecule has 0 aromatic rings. The molecular formula is C11H16. The standard InChI is InChI=1S/C6H4.C5H12/c1-2-6-4-3-5(1)6;1-3-5-4-2/h1-4H;3-5H2,1-2H3. The fourth-order valence-electron chi connectivity index (χ4n) is 1.02. The normalized spacial score (nSPS) is 10.0. The molecule has 2 aliphatic carbocycles. The lowest BCUT2D eigenvalue weighted by Gasteiger charge is -2.10. The zero-order valence-electron chi connectivity index (χ0n) is 7.43. The van der Waals surface area contributed by atoms with Crippen molar-refractivity contribution < 1.29 is 0 Å². The molecule has 0 saturated carbocycles. The Bertz CT molecular complexity index is 173. The summed E-state index contributed by atoms with van der Waals surface area (Å²) in [5.41, 5.74) is 2.85. The first-order valence-corrected chi connectivity index (χ1v) is 4.49. The van der Waals surface area contributed by atoms with Crippen molar-refractivity contribution in [1.82, 2.24) is 0 Å². The fourth-order valence-corrected chi connectivity index (χ4v) is 1.02. The van der Waals surface area contributed by atoms with Crippen LogP contribution in [0.25, 0.3) is 11.1 Å². The first-order chi connectivity index (χ1) is 5.38. The zero-order valence-corrected chi connectivity index (χ0v) is 7.43. The Morgan fingerprint density at radius 1 is 0.818 bits per heavy atom. The molecule has 0 N–H and O–H groups in total. The molecule has 0 heteroatoms. The molecule has 0 aliphatic heterocycles. The predicted octanol–water partition coefficient (Wildman–Crippen LogP) is 3.86. The van der Waals surface area contributed by atoms with Gasteiger partial charge < -0.3 is 0 Å². The maximum absolute atomic E-state index is 2.21. The second kappa shape index (κ2) is 4.17. The van der Waals surface area contributed by atoms with Gasteiger partial charge in [0.2, 0.25) is 0 Å². The summed E-state index contributed by atoms with van der Waals surface area (Å²) >= 11 is 0. The molecule has 0 amide bonds. The third-order valence-electron chi connectivity index (χ3n) is 1.93. The van der Waals surface area contributed by atoms with Crippen LogP contribution in [0.15, 0.2) is 24.3 Å². The highest BCUT2D eigenvalue weighted by atomic mass is 14.1. The lowest BCUT2D eigenvalue weighted by Crippen LogP contribution is -1.85. The van der Waals surface area contributed by atoms with Crippen LogP contribution in [0.4, 0.5) is 0 Å². The molecular weight excluding hydrogens is 132 g/mol. The Morgan fingerprint density at radius 3 is 1.18 bits per heavy atom. The molecule has 0 aromatic heterocycles. The smallest absolute Gasteiger partial charge is 0.0184 e. The van der Waals surface area contributed by atoms with Crippen molar-refractivity contribution in [1.29, 1.82) is 0 Å². The molecule has 0 heterocycles. The van der Waals surface area contributed by atoms with E-state index in [2.05, 4.69) is 38.1 Å². The van der Waals surface area contributed by atoms with Gasteiger partial charge in [0.05, 0.1) is 0 Å². The molecule has 0 saturated heterocycles. The van der Waals surface area contributed by atoms with Crippen LogP contribution in [0.3, 0.4) is 0 Å². The van der Waals surface area contributed by atoms with Gasteiger partial charge in [-0.3, -0.25) is 0 Å². The zero-order chi connectivity index (χ0) is 8.10. The minimum absolute atomic E-state index is 1.34. The van der Waals surface area contributed by atoms with Crippen molar-refractivity contribution in [3.8, 4) is 11.1 Å². The summed E-state index contributed by atoms with van der Waals surface area (Å²) in [5.74, 6) is 0. The third kappa shape index (κ3) is 2.07. The Hall–Kier alpha value is -0.780. The highest BCUT2D eigenvalue weighted by molar-refractivity contribution is 5.75. The van der Waals surface area contributed by atoms with Gasteiger partial charge in [-0.25, -0.2) is 0 Å². The molecule has 60 valence electrons. The molecule has 0 unspecified atom stereocenters. The number of hydrogen-bond donors (Lipinski definition) is 0. The van der Waals surface area contributed by atoms with E-state index in [-0.39, 0.29) is 0 Å². The summed E-state index contributed by atoms with van der Waals surface area (Å²) in [7, 11) is 0. The average Bonchev–Trinajstić information content (AvgIpc) is 2.00. The van der Waals surface area contributed by atoms with Crippen molar-refractivity contribution in [3.63, 3.8) is 0 Å². The molecule has 0 bridgehead atoms. The predicted molar refractivity (Wildman–Crippen MR) is 50.6 cm³/mol. The highest BCUT2D eigenvalue weighted by Gasteiger charge is 2.03. The lowest BCUT2D eigenvalue weighted by molar-refractivity contribution is 0.772. The topological polar surface area (TPSA) is 0 Å². The number of hydrogen-bond acceptors (Lipinski definition) is 0. The summed E-state index contributed by atoms with van der Waals surface area (Å²) in [6.07, 6.45) is 4.08. The number of benzene rings is 1. The highest BCUT2D eigenvalue weighted by Crippen LogP contribution is 2.29. The van der Waals surface area contributed by atoms with Crippen LogP contribution in [-0.2, 0) is 0 Å². The number of fused-ring (bicyclic) bond motifs is 1. The van der Waals surface area contributed by atoms with Crippen LogP contribution in [0.1, 0.15) is 33.1 Å². The van der Waals surface area contributed by atoms with Crippen molar-refractivity contribution in [2.45, 2.75) is 33.1 Å². The second-order valence-corrected chi connectivity index (χ2v) is 2.93. The SMILES string of the molecule is CCCCC.c1cc2ccc1-2. The first-order valence-electron chi connectivity index (χ1n) is 4.49. The van der Waals surface area contributed by atoms with Crippen molar-refractivity contribution >= 4 is 0 Å². The van der Waals surface area contributed by atoms with Crippen molar-refractivity contribution in [3.05, 3.63) is 24.3 Å². The van der Waals surface area contributed by atoms with E-state index >= 15 is 0 Å². The maximum atomic E-state index is 2.21. The van der Waals surface area contributed by atoms with Crippen LogP contribution in [0.2, 0.25) is 0 Å². The Balaban J connectivity index is 0.000000114. The van der Waals surface area contributed by atoms with E-state index in [1.807, 2.05) is 0 Å². The van der Waals surface area contributed by atoms with Gasteiger partial charge in [0, 0.05) is 0 Å². The van der Waals surface area contributed by atoms with Crippen LogP contribution in [-0.4, -0.2) is 0 Å². The Kier molecular flexibility index (Phi) is 3.15. The van der Waals surface area contributed by atoms with E-state index in [0.29, 0.717) is 0 Å². The number of unbranched alkanes of at least 4 members (excludes halogenated alkanes) is 2. The van der Waals surface area contributed by atoms with Crippen LogP contribution < -0.4 is 0 Å². The van der Waals surface area contributed by atoms with Crippen molar-refractivity contribution in [2.24, 2.45) is 0 Å². The maximum Gasteiger partial charge on any atom is -0.0184 e. The molecule has 0 radical (unpaired) electrons. The quantitative estimate of drug-likeness (QED) is 0.606. The largest absolute Gasteiger partial charge is 0.0654 e. The second-order valence-electron chi connectivity index (χ2n) is 2.93. The number of rotatable bonds is 2. The molecule has 2 aliphatic rings. The first kappa shape index (κ1) is 8.32. The molecule has 0 atom stereocenters. The van der Waals surface area contributed by atoms with E-state index in [9.17, 15) is 0 Å². The molecule has 0 aromatic carbocycles. The molecule has 0 nitrogen and oxygen atoms in total. The van der Waals surface area contributed by atoms with Crippen LogP contribution in [0.5, 0.6) is 0 Å². The van der Waals surface area contributed by atoms with Gasteiger partial charge in [-0.15, -0.1) is 0 Å². The van der Waals surface area contributed by atoms with E-state index < -0.39 is 0 Å². The Labute approximate surface area is 69.3 Å². The summed E-state index contributed by atoms with van der Waals surface area (Å²) in [4.78, 5) is 0. The molecule has 0 spiro atoms. The van der Waals surface area contributed by atoms with Crippen molar-refractivity contribution in [2.75, 3.05) is 0 Å². The van der Waals surface area contributed by atoms with E-state index in [1.165, 1.54) is 30.4 Å². The monoisotopic (exact) mass is 148 g/mol. The summed E-state index contributed by atoms with van der Waals surface area (Å²) in [6.45, 7) is 4.42. The van der Waals surface area contributed by atoms with Gasteiger partial charge in [-0.05, 0) is 11.1 Å². The molecule has 2 rings (SSSR count). The van der Waals surface area contributed by atoms with Gasteiger partial charge in [-0.2, -0.15) is 0 Å². The van der Waals surface area contributed by atoms with Gasteiger partial charge in [-0.1, -0.05) is 57.4 Å². The van der Waals surface area contributed by atoms with Gasteiger partial charge in [0.1, 0.15) is 0 Å². The molecule has 11 heavy (non-hydrogen) atoms. The third-order valence-corrected chi connectivity index (χ3v) is 1.93. The lowest BCUT2D eigenvalue weighted by atomic mass is 9.95. The summed E-state index contributed by atoms with van der Waals surface area (Å²) in [5, 5.41) is 0.